The first-order valence-corrected chi connectivity index (χ1v) is 10.5. The predicted octanol–water partition coefficient (Wildman–Crippen LogP) is 5.16. The molecule has 1 aliphatic rings. The molecule has 0 amide bonds. The fraction of sp³-hybridized carbons (Fsp3) is 0.500. The van der Waals surface area contributed by atoms with Gasteiger partial charge in [-0.25, -0.2) is 4.99 Å². The summed E-state index contributed by atoms with van der Waals surface area (Å²) < 4.78 is 0. The predicted molar refractivity (Wildman–Crippen MR) is 121 cm³/mol. The average molecular weight is 398 g/mol. The molecule has 0 radical (unpaired) electrons. The number of likely N-dealkylation sites (tertiary alicyclic amines) is 1. The lowest BCUT2D eigenvalue weighted by Crippen LogP contribution is -2.44. The van der Waals surface area contributed by atoms with Gasteiger partial charge in [0, 0.05) is 19.3 Å². The van der Waals surface area contributed by atoms with E-state index < -0.39 is 5.60 Å². The first-order chi connectivity index (χ1) is 13.8. The quantitative estimate of drug-likeness (QED) is 0.396. The molecule has 5 heteroatoms. The van der Waals surface area contributed by atoms with Crippen molar-refractivity contribution >= 4 is 12.1 Å². The Labute approximate surface area is 175 Å². The molecule has 0 unspecified atom stereocenters. The summed E-state index contributed by atoms with van der Waals surface area (Å²) in [7, 11) is 0. The van der Waals surface area contributed by atoms with Gasteiger partial charge in [-0.15, -0.1) is 0 Å². The summed E-state index contributed by atoms with van der Waals surface area (Å²) in [4.78, 5) is 11.7. The molecule has 1 aliphatic heterocycles. The topological polar surface area (TPSA) is 68.4 Å². The number of phenolic OH excluding ortho intramolecular Hbond substituents is 1. The minimum atomic E-state index is -0.905. The number of hydrogen-bond donors (Lipinski definition) is 2. The maximum Gasteiger partial charge on any atom is 0.115 e. The number of rotatable bonds is 6. The number of aliphatic imine (C=N–C) groups is 2. The van der Waals surface area contributed by atoms with Crippen molar-refractivity contribution in [1.29, 1.82) is 0 Å². The second kappa shape index (κ2) is 10.4. The third kappa shape index (κ3) is 6.04. The van der Waals surface area contributed by atoms with Crippen LogP contribution in [0.2, 0.25) is 0 Å². The highest BCUT2D eigenvalue weighted by Crippen LogP contribution is 2.34. The van der Waals surface area contributed by atoms with E-state index >= 15 is 0 Å². The lowest BCUT2D eigenvalue weighted by Gasteiger charge is -2.39. The van der Waals surface area contributed by atoms with Crippen molar-refractivity contribution in [2.24, 2.45) is 9.98 Å². The molecule has 2 rings (SSSR count). The third-order valence-corrected chi connectivity index (χ3v) is 5.39. The van der Waals surface area contributed by atoms with Crippen LogP contribution in [0.5, 0.6) is 5.75 Å². The van der Waals surface area contributed by atoms with Crippen LogP contribution in [0.1, 0.15) is 65.9 Å². The number of allylic oxidation sites excluding steroid dienone is 3. The molecule has 1 heterocycles. The molecule has 0 spiro atoms. The zero-order valence-electron chi connectivity index (χ0n) is 18.4. The molecule has 5 nitrogen and oxygen atoms in total. The van der Waals surface area contributed by atoms with Crippen LogP contribution in [0, 0.1) is 0 Å². The molecule has 1 saturated heterocycles. The largest absolute Gasteiger partial charge is 0.508 e. The highest BCUT2D eigenvalue weighted by molar-refractivity contribution is 5.81. The Morgan fingerprint density at radius 3 is 2.41 bits per heavy atom. The van der Waals surface area contributed by atoms with Crippen molar-refractivity contribution in [3.8, 4) is 5.75 Å². The second-order valence-electron chi connectivity index (χ2n) is 7.68. The van der Waals surface area contributed by atoms with E-state index in [9.17, 15) is 10.2 Å². The SMILES string of the molecule is CC\C=N/C(C(/C)=C/CC)=C(C)/N=C(\C)N1CCC(O)(c2cccc(O)c2)CC1. The van der Waals surface area contributed by atoms with E-state index in [0.717, 1.165) is 41.2 Å². The van der Waals surface area contributed by atoms with E-state index in [1.807, 2.05) is 26.1 Å². The molecule has 0 saturated carbocycles. The van der Waals surface area contributed by atoms with Gasteiger partial charge in [-0.2, -0.15) is 0 Å². The fourth-order valence-corrected chi connectivity index (χ4v) is 3.72. The van der Waals surface area contributed by atoms with Gasteiger partial charge in [-0.05, 0) is 69.7 Å². The van der Waals surface area contributed by atoms with Crippen LogP contribution >= 0.6 is 0 Å². The van der Waals surface area contributed by atoms with Crippen molar-refractivity contribution in [2.75, 3.05) is 13.1 Å². The smallest absolute Gasteiger partial charge is 0.115 e. The lowest BCUT2D eigenvalue weighted by atomic mass is 9.84. The van der Waals surface area contributed by atoms with Gasteiger partial charge in [0.2, 0.25) is 0 Å². The van der Waals surface area contributed by atoms with Gasteiger partial charge in [0.1, 0.15) is 11.6 Å². The number of piperidine rings is 1. The van der Waals surface area contributed by atoms with Crippen molar-refractivity contribution in [3.63, 3.8) is 0 Å². The molecule has 0 aromatic heterocycles. The van der Waals surface area contributed by atoms with Gasteiger partial charge < -0.3 is 15.1 Å². The van der Waals surface area contributed by atoms with E-state index in [2.05, 4.69) is 36.7 Å². The van der Waals surface area contributed by atoms with E-state index in [-0.39, 0.29) is 5.75 Å². The molecular weight excluding hydrogens is 362 g/mol. The van der Waals surface area contributed by atoms with Crippen LogP contribution in [0.25, 0.3) is 0 Å². The number of hydrogen-bond acceptors (Lipinski definition) is 4. The second-order valence-corrected chi connectivity index (χ2v) is 7.68. The molecule has 2 N–H and O–H groups in total. The Morgan fingerprint density at radius 2 is 1.83 bits per heavy atom. The lowest BCUT2D eigenvalue weighted by molar-refractivity contribution is -0.0124. The summed E-state index contributed by atoms with van der Waals surface area (Å²) in [6, 6.07) is 6.94. The average Bonchev–Trinajstić information content (AvgIpc) is 2.69. The highest BCUT2D eigenvalue weighted by atomic mass is 16.3. The van der Waals surface area contributed by atoms with Gasteiger partial charge >= 0.3 is 0 Å². The molecule has 29 heavy (non-hydrogen) atoms. The molecular formula is C24H35N3O2. The summed E-state index contributed by atoms with van der Waals surface area (Å²) >= 11 is 0. The molecule has 158 valence electrons. The zero-order valence-corrected chi connectivity index (χ0v) is 18.4. The Hall–Kier alpha value is -2.40. The Bertz CT molecular complexity index is 813. The molecule has 0 bridgehead atoms. The Morgan fingerprint density at radius 1 is 1.14 bits per heavy atom. The zero-order chi connectivity index (χ0) is 21.4. The minimum absolute atomic E-state index is 0.188. The maximum atomic E-state index is 11.1. The Kier molecular flexibility index (Phi) is 8.21. The van der Waals surface area contributed by atoms with Crippen LogP contribution in [0.3, 0.4) is 0 Å². The molecule has 0 aliphatic carbocycles. The number of phenols is 1. The van der Waals surface area contributed by atoms with Gasteiger partial charge in [-0.3, -0.25) is 4.99 Å². The maximum absolute atomic E-state index is 11.1. The van der Waals surface area contributed by atoms with Gasteiger partial charge in [0.25, 0.3) is 0 Å². The number of benzene rings is 1. The first-order valence-electron chi connectivity index (χ1n) is 10.5. The van der Waals surface area contributed by atoms with E-state index in [0.29, 0.717) is 25.9 Å². The number of nitrogens with zero attached hydrogens (tertiary/aromatic N) is 3. The molecule has 1 aromatic rings. The van der Waals surface area contributed by atoms with Crippen LogP contribution in [-0.4, -0.2) is 40.3 Å². The third-order valence-electron chi connectivity index (χ3n) is 5.39. The number of aromatic hydroxyl groups is 1. The summed E-state index contributed by atoms with van der Waals surface area (Å²) in [6.45, 7) is 11.7. The van der Waals surface area contributed by atoms with Crippen molar-refractivity contribution < 1.29 is 10.2 Å². The first kappa shape index (κ1) is 22.9. The van der Waals surface area contributed by atoms with Crippen molar-refractivity contribution in [1.82, 2.24) is 4.90 Å². The minimum Gasteiger partial charge on any atom is -0.508 e. The fourth-order valence-electron chi connectivity index (χ4n) is 3.72. The molecule has 1 fully saturated rings. The standard InChI is InChI=1S/C24H35N3O2/c1-6-9-18(3)23(25-14-7-2)19(4)26-20(5)27-15-12-24(29,13-16-27)21-10-8-11-22(28)17-21/h8-11,14,17,28-29H,6-7,12-13,15-16H2,1-5H3/b18-9+,23-19+,25-14-,26-20+. The van der Waals surface area contributed by atoms with E-state index in [1.165, 1.54) is 0 Å². The normalized spacial score (nSPS) is 18.9. The highest BCUT2D eigenvalue weighted by Gasteiger charge is 2.34. The summed E-state index contributed by atoms with van der Waals surface area (Å²) in [5, 5.41) is 20.8. The van der Waals surface area contributed by atoms with Crippen LogP contribution in [0.15, 0.2) is 57.3 Å². The van der Waals surface area contributed by atoms with Crippen molar-refractivity contribution in [2.45, 2.75) is 65.9 Å². The number of amidine groups is 1. The Balaban J connectivity index is 2.17. The van der Waals surface area contributed by atoms with Crippen LogP contribution in [0.4, 0.5) is 0 Å². The van der Waals surface area contributed by atoms with E-state index in [1.54, 1.807) is 18.2 Å². The monoisotopic (exact) mass is 397 g/mol. The molecule has 0 atom stereocenters. The van der Waals surface area contributed by atoms with Gasteiger partial charge in [-0.1, -0.05) is 32.1 Å². The van der Waals surface area contributed by atoms with Gasteiger partial charge in [0.05, 0.1) is 17.0 Å². The van der Waals surface area contributed by atoms with Crippen LogP contribution in [-0.2, 0) is 5.60 Å². The summed E-state index contributed by atoms with van der Waals surface area (Å²) in [5.74, 6) is 1.13. The molecule has 1 aromatic carbocycles. The van der Waals surface area contributed by atoms with Crippen LogP contribution < -0.4 is 0 Å². The van der Waals surface area contributed by atoms with Crippen molar-refractivity contribution in [3.05, 3.63) is 52.9 Å². The van der Waals surface area contributed by atoms with E-state index in [4.69, 9.17) is 4.99 Å². The summed E-state index contributed by atoms with van der Waals surface area (Å²) in [6.07, 6.45) is 7.15. The number of aliphatic hydroxyl groups is 1. The summed E-state index contributed by atoms with van der Waals surface area (Å²) in [5.41, 5.74) is 2.85. The van der Waals surface area contributed by atoms with Gasteiger partial charge in [0.15, 0.2) is 0 Å².